The fourth-order valence-electron chi connectivity index (χ4n) is 1.91. The molecular weight excluding hydrogens is 278 g/mol. The molecule has 3 aromatic rings. The van der Waals surface area contributed by atoms with Gasteiger partial charge < -0.3 is 0 Å². The molecule has 0 saturated heterocycles. The van der Waals surface area contributed by atoms with Crippen molar-refractivity contribution in [1.29, 1.82) is 0 Å². The molecule has 3 rings (SSSR count). The summed E-state index contributed by atoms with van der Waals surface area (Å²) in [6, 6.07) is 14.1. The number of benzene rings is 1. The number of halogens is 1. The Balaban J connectivity index is 2.31. The molecule has 0 N–H and O–H groups in total. The van der Waals surface area contributed by atoms with Gasteiger partial charge in [0.05, 0.1) is 0 Å². The van der Waals surface area contributed by atoms with Gasteiger partial charge in [-0.1, -0.05) is 34.1 Å². The Hall–Kier alpha value is -1.68. The molecule has 0 spiro atoms. The molecule has 0 aliphatic rings. The highest BCUT2D eigenvalue weighted by Gasteiger charge is 2.09. The number of nitrogens with zero attached hydrogens (tertiary/aromatic N) is 3. The van der Waals surface area contributed by atoms with Crippen molar-refractivity contribution in [3.05, 3.63) is 52.6 Å². The molecule has 0 saturated carbocycles. The molecule has 4 heteroatoms. The summed E-state index contributed by atoms with van der Waals surface area (Å²) < 4.78 is 3.10. The molecule has 0 fully saturated rings. The Labute approximate surface area is 107 Å². The number of aromatic nitrogens is 3. The van der Waals surface area contributed by atoms with Crippen LogP contribution in [0.1, 0.15) is 5.69 Å². The number of rotatable bonds is 1. The lowest BCUT2D eigenvalue weighted by molar-refractivity contribution is 1.08. The van der Waals surface area contributed by atoms with Crippen molar-refractivity contribution in [2.75, 3.05) is 0 Å². The molecule has 0 aliphatic carbocycles. The number of hydrogen-bond acceptors (Lipinski definition) is 2. The van der Waals surface area contributed by atoms with E-state index in [4.69, 9.17) is 0 Å². The van der Waals surface area contributed by atoms with Crippen molar-refractivity contribution in [2.45, 2.75) is 6.92 Å². The van der Waals surface area contributed by atoms with Crippen LogP contribution in [-0.4, -0.2) is 14.6 Å². The first-order valence-corrected chi connectivity index (χ1v) is 6.12. The topological polar surface area (TPSA) is 30.2 Å². The standard InChI is InChI=1S/C13H10BrN3/c1-9-4-2-7-12-15-16-13(17(9)12)10-5-3-6-11(14)8-10/h2-8H,1H3. The first kappa shape index (κ1) is 10.5. The lowest BCUT2D eigenvalue weighted by Gasteiger charge is -2.03. The maximum absolute atomic E-state index is 4.26. The van der Waals surface area contributed by atoms with Gasteiger partial charge in [-0.2, -0.15) is 0 Å². The highest BCUT2D eigenvalue weighted by atomic mass is 79.9. The van der Waals surface area contributed by atoms with Crippen molar-refractivity contribution in [3.8, 4) is 11.4 Å². The van der Waals surface area contributed by atoms with Gasteiger partial charge in [-0.3, -0.25) is 4.40 Å². The van der Waals surface area contributed by atoms with E-state index in [0.717, 1.165) is 27.2 Å². The molecule has 2 heterocycles. The van der Waals surface area contributed by atoms with Crippen molar-refractivity contribution < 1.29 is 0 Å². The zero-order chi connectivity index (χ0) is 11.8. The molecule has 0 amide bonds. The maximum Gasteiger partial charge on any atom is 0.168 e. The summed E-state index contributed by atoms with van der Waals surface area (Å²) in [6.07, 6.45) is 0. The third kappa shape index (κ3) is 1.74. The third-order valence-electron chi connectivity index (χ3n) is 2.71. The summed E-state index contributed by atoms with van der Waals surface area (Å²) in [5.41, 5.74) is 3.06. The minimum absolute atomic E-state index is 0.874. The Morgan fingerprint density at radius 2 is 1.88 bits per heavy atom. The molecule has 2 aromatic heterocycles. The summed E-state index contributed by atoms with van der Waals surface area (Å²) in [5.74, 6) is 0.874. The molecule has 0 unspecified atom stereocenters. The van der Waals surface area contributed by atoms with E-state index in [-0.39, 0.29) is 0 Å². The molecule has 3 nitrogen and oxygen atoms in total. The molecule has 0 aliphatic heterocycles. The Morgan fingerprint density at radius 3 is 2.71 bits per heavy atom. The fourth-order valence-corrected chi connectivity index (χ4v) is 2.31. The average molecular weight is 288 g/mol. The van der Waals surface area contributed by atoms with E-state index in [2.05, 4.69) is 43.5 Å². The van der Waals surface area contributed by atoms with Gasteiger partial charge >= 0.3 is 0 Å². The van der Waals surface area contributed by atoms with Gasteiger partial charge in [-0.15, -0.1) is 10.2 Å². The molecule has 84 valence electrons. The van der Waals surface area contributed by atoms with Gasteiger partial charge in [0.1, 0.15) is 0 Å². The molecule has 1 aromatic carbocycles. The largest absolute Gasteiger partial charge is 0.280 e. The summed E-state index contributed by atoms with van der Waals surface area (Å²) in [7, 11) is 0. The highest BCUT2D eigenvalue weighted by Crippen LogP contribution is 2.22. The van der Waals surface area contributed by atoms with Gasteiger partial charge in [0, 0.05) is 15.7 Å². The van der Waals surface area contributed by atoms with Crippen LogP contribution >= 0.6 is 15.9 Å². The van der Waals surface area contributed by atoms with Gasteiger partial charge in [-0.25, -0.2) is 0 Å². The van der Waals surface area contributed by atoms with E-state index in [0.29, 0.717) is 0 Å². The second-order valence-corrected chi connectivity index (χ2v) is 4.81. The van der Waals surface area contributed by atoms with E-state index in [1.165, 1.54) is 0 Å². The van der Waals surface area contributed by atoms with E-state index < -0.39 is 0 Å². The lowest BCUT2D eigenvalue weighted by atomic mass is 10.2. The van der Waals surface area contributed by atoms with Crippen molar-refractivity contribution >= 4 is 21.6 Å². The SMILES string of the molecule is Cc1cccc2nnc(-c3cccc(Br)c3)n12. The maximum atomic E-state index is 4.26. The first-order chi connectivity index (χ1) is 8.25. The Morgan fingerprint density at radius 1 is 1.06 bits per heavy atom. The molecular formula is C13H10BrN3. The van der Waals surface area contributed by atoms with Crippen LogP contribution in [0.4, 0.5) is 0 Å². The van der Waals surface area contributed by atoms with Crippen LogP contribution < -0.4 is 0 Å². The average Bonchev–Trinajstić information content (AvgIpc) is 2.74. The lowest BCUT2D eigenvalue weighted by Crippen LogP contribution is -1.93. The van der Waals surface area contributed by atoms with Crippen LogP contribution in [0.15, 0.2) is 46.9 Å². The van der Waals surface area contributed by atoms with Gasteiger partial charge in [-0.05, 0) is 31.2 Å². The number of fused-ring (bicyclic) bond motifs is 1. The molecule has 0 radical (unpaired) electrons. The minimum Gasteiger partial charge on any atom is -0.280 e. The van der Waals surface area contributed by atoms with Crippen LogP contribution in [-0.2, 0) is 0 Å². The number of hydrogen-bond donors (Lipinski definition) is 0. The van der Waals surface area contributed by atoms with Gasteiger partial charge in [0.25, 0.3) is 0 Å². The van der Waals surface area contributed by atoms with Gasteiger partial charge in [0.2, 0.25) is 0 Å². The quantitative estimate of drug-likeness (QED) is 0.686. The number of pyridine rings is 1. The second kappa shape index (κ2) is 3.96. The normalized spacial score (nSPS) is 10.9. The Kier molecular flexibility index (Phi) is 2.44. The van der Waals surface area contributed by atoms with Crippen molar-refractivity contribution in [3.63, 3.8) is 0 Å². The first-order valence-electron chi connectivity index (χ1n) is 5.32. The molecule has 17 heavy (non-hydrogen) atoms. The third-order valence-corrected chi connectivity index (χ3v) is 3.20. The van der Waals surface area contributed by atoms with E-state index in [1.807, 2.05) is 36.4 Å². The van der Waals surface area contributed by atoms with Crippen molar-refractivity contribution in [1.82, 2.24) is 14.6 Å². The summed E-state index contributed by atoms with van der Waals surface area (Å²) in [6.45, 7) is 2.05. The summed E-state index contributed by atoms with van der Waals surface area (Å²) in [4.78, 5) is 0. The smallest absolute Gasteiger partial charge is 0.168 e. The predicted octanol–water partition coefficient (Wildman–Crippen LogP) is 3.47. The van der Waals surface area contributed by atoms with Crippen LogP contribution in [0.3, 0.4) is 0 Å². The van der Waals surface area contributed by atoms with Crippen LogP contribution in [0, 0.1) is 6.92 Å². The van der Waals surface area contributed by atoms with E-state index in [9.17, 15) is 0 Å². The minimum atomic E-state index is 0.874. The second-order valence-electron chi connectivity index (χ2n) is 3.89. The zero-order valence-corrected chi connectivity index (χ0v) is 10.8. The van der Waals surface area contributed by atoms with Crippen LogP contribution in [0.25, 0.3) is 17.0 Å². The van der Waals surface area contributed by atoms with Crippen molar-refractivity contribution in [2.24, 2.45) is 0 Å². The monoisotopic (exact) mass is 287 g/mol. The fraction of sp³-hybridized carbons (Fsp3) is 0.0769. The summed E-state index contributed by atoms with van der Waals surface area (Å²) >= 11 is 3.47. The summed E-state index contributed by atoms with van der Waals surface area (Å²) in [5, 5.41) is 8.44. The molecule has 0 bridgehead atoms. The van der Waals surface area contributed by atoms with Gasteiger partial charge in [0.15, 0.2) is 11.5 Å². The van der Waals surface area contributed by atoms with Crippen LogP contribution in [0.2, 0.25) is 0 Å². The zero-order valence-electron chi connectivity index (χ0n) is 9.26. The number of aryl methyl sites for hydroxylation is 1. The van der Waals surface area contributed by atoms with E-state index >= 15 is 0 Å². The van der Waals surface area contributed by atoms with E-state index in [1.54, 1.807) is 0 Å². The highest BCUT2D eigenvalue weighted by molar-refractivity contribution is 9.10. The van der Waals surface area contributed by atoms with Crippen LogP contribution in [0.5, 0.6) is 0 Å². The molecule has 0 atom stereocenters. The predicted molar refractivity (Wildman–Crippen MR) is 70.9 cm³/mol. The Bertz CT molecular complexity index is 688.